The number of carbonyl (C=O) groups is 2. The fourth-order valence-corrected chi connectivity index (χ4v) is 4.63. The zero-order chi connectivity index (χ0) is 29.8. The fraction of sp³-hybridized carbons (Fsp3) is 0.615. The van der Waals surface area contributed by atoms with Crippen LogP contribution in [0.3, 0.4) is 0 Å². The third-order valence-electron chi connectivity index (χ3n) is 5.78. The Labute approximate surface area is 252 Å². The summed E-state index contributed by atoms with van der Waals surface area (Å²) in [5.41, 5.74) is -0.843. The van der Waals surface area contributed by atoms with Crippen molar-refractivity contribution in [3.8, 4) is 0 Å². The van der Waals surface area contributed by atoms with Gasteiger partial charge in [-0.05, 0) is 75.1 Å². The molecular weight excluding hydrogens is 630 g/mol. The van der Waals surface area contributed by atoms with Gasteiger partial charge in [0, 0.05) is 57.7 Å². The summed E-state index contributed by atoms with van der Waals surface area (Å²) in [6, 6.07) is 1.61. The van der Waals surface area contributed by atoms with Crippen LogP contribution in [0.4, 0.5) is 19.8 Å². The summed E-state index contributed by atoms with van der Waals surface area (Å²) in [5.74, 6) is -0.0995. The Morgan fingerprint density at radius 2 is 1.40 bits per heavy atom. The number of nitrogens with one attached hydrogen (secondary N) is 1. The van der Waals surface area contributed by atoms with Crippen LogP contribution in [0.5, 0.6) is 0 Å². The van der Waals surface area contributed by atoms with Gasteiger partial charge in [-0.3, -0.25) is 0 Å². The molecule has 1 aromatic heterocycles. The summed E-state index contributed by atoms with van der Waals surface area (Å²) in [4.78, 5) is 37.3. The number of hydrogen-bond acceptors (Lipinski definition) is 8. The average molecular weight is 666 g/mol. The van der Waals surface area contributed by atoms with E-state index in [4.69, 9.17) is 32.7 Å². The van der Waals surface area contributed by atoms with Gasteiger partial charge < -0.3 is 29.5 Å². The molecule has 0 atom stereocenters. The van der Waals surface area contributed by atoms with E-state index in [1.165, 1.54) is 0 Å². The van der Waals surface area contributed by atoms with E-state index in [-0.39, 0.29) is 38.1 Å². The van der Waals surface area contributed by atoms with Crippen molar-refractivity contribution in [1.82, 2.24) is 25.1 Å². The Kier molecular flexibility index (Phi) is 10.7. The van der Waals surface area contributed by atoms with Crippen LogP contribution in [0.25, 0.3) is 10.9 Å². The van der Waals surface area contributed by atoms with E-state index in [9.17, 15) is 14.0 Å². The Bertz CT molecular complexity index is 1230. The Morgan fingerprint density at radius 3 is 1.90 bits per heavy atom. The summed E-state index contributed by atoms with van der Waals surface area (Å²) in [7, 11) is 0. The van der Waals surface area contributed by atoms with Gasteiger partial charge in [0.25, 0.3) is 0 Å². The smallest absolute Gasteiger partial charge is 0.410 e. The van der Waals surface area contributed by atoms with Crippen LogP contribution in [0.2, 0.25) is 10.3 Å². The van der Waals surface area contributed by atoms with Gasteiger partial charge in [-0.15, -0.1) is 0 Å². The second kappa shape index (κ2) is 13.2. The van der Waals surface area contributed by atoms with E-state index in [1.807, 2.05) is 46.4 Å². The quantitative estimate of drug-likeness (QED) is 0.305. The van der Waals surface area contributed by atoms with Crippen molar-refractivity contribution in [1.29, 1.82) is 0 Å². The van der Waals surface area contributed by atoms with Crippen LogP contribution in [0, 0.1) is 5.82 Å². The Balaban J connectivity index is 0.000000285. The number of hydrogen-bond donors (Lipinski definition) is 1. The third kappa shape index (κ3) is 8.92. The molecule has 0 saturated carbocycles. The van der Waals surface area contributed by atoms with Crippen LogP contribution < -0.4 is 10.2 Å². The lowest BCUT2D eigenvalue weighted by atomic mass is 10.2. The molecule has 40 heavy (non-hydrogen) atoms. The first-order chi connectivity index (χ1) is 18.6. The van der Waals surface area contributed by atoms with Gasteiger partial charge in [0.2, 0.25) is 5.28 Å². The van der Waals surface area contributed by atoms with Crippen molar-refractivity contribution in [2.75, 3.05) is 57.3 Å². The van der Waals surface area contributed by atoms with E-state index < -0.39 is 11.4 Å². The highest BCUT2D eigenvalue weighted by Gasteiger charge is 2.28. The predicted molar refractivity (Wildman–Crippen MR) is 158 cm³/mol. The molecule has 14 heteroatoms. The van der Waals surface area contributed by atoms with Gasteiger partial charge in [0.05, 0.1) is 9.50 Å². The largest absolute Gasteiger partial charge is 0.444 e. The average Bonchev–Trinajstić information content (AvgIpc) is 2.86. The lowest BCUT2D eigenvalue weighted by Gasteiger charge is -2.36. The van der Waals surface area contributed by atoms with E-state index in [1.54, 1.807) is 15.9 Å². The molecule has 1 N–H and O–H groups in total. The first kappa shape index (κ1) is 32.4. The summed E-state index contributed by atoms with van der Waals surface area (Å²) in [6.45, 7) is 16.2. The van der Waals surface area contributed by atoms with Crippen molar-refractivity contribution in [2.45, 2.75) is 52.7 Å². The van der Waals surface area contributed by atoms with Crippen LogP contribution in [-0.4, -0.2) is 95.5 Å². The fourth-order valence-electron chi connectivity index (χ4n) is 3.97. The first-order valence-electron chi connectivity index (χ1n) is 13.0. The second-order valence-corrected chi connectivity index (χ2v) is 12.9. The number of amides is 2. The van der Waals surface area contributed by atoms with Gasteiger partial charge >= 0.3 is 12.2 Å². The number of carbonyl (C=O) groups excluding carboxylic acids is 2. The van der Waals surface area contributed by atoms with Crippen molar-refractivity contribution in [3.05, 3.63) is 26.7 Å². The predicted octanol–water partition coefficient (Wildman–Crippen LogP) is 5.72. The maximum atomic E-state index is 14.5. The van der Waals surface area contributed by atoms with Gasteiger partial charge in [-0.25, -0.2) is 19.0 Å². The Morgan fingerprint density at radius 1 is 0.900 bits per heavy atom. The minimum Gasteiger partial charge on any atom is -0.444 e. The number of halogens is 4. The summed E-state index contributed by atoms with van der Waals surface area (Å²) < 4.78 is 25.3. The van der Waals surface area contributed by atoms with Crippen LogP contribution in [-0.2, 0) is 9.47 Å². The third-order valence-corrected chi connectivity index (χ3v) is 7.25. The number of aromatic nitrogens is 2. The lowest BCUT2D eigenvalue weighted by Crippen LogP contribution is -2.50. The highest BCUT2D eigenvalue weighted by Crippen LogP contribution is 2.36. The number of ether oxygens (including phenoxy) is 2. The van der Waals surface area contributed by atoms with Gasteiger partial charge in [0.15, 0.2) is 5.82 Å². The molecule has 3 heterocycles. The van der Waals surface area contributed by atoms with Gasteiger partial charge in [-0.2, -0.15) is 4.98 Å². The van der Waals surface area contributed by atoms with Gasteiger partial charge in [-0.1, -0.05) is 11.6 Å². The SMILES string of the molecule is CC(C)(C)OC(=O)N1CCN(c2nc(Cl)nc3c(F)c(Br)c(Cl)cc23)CC1.CC(C)(C)OC(=O)N1CCNCC1. The molecule has 2 amide bonds. The maximum absolute atomic E-state index is 14.5. The monoisotopic (exact) mass is 664 g/mol. The number of anilines is 1. The first-order valence-corrected chi connectivity index (χ1v) is 14.5. The van der Waals surface area contributed by atoms with Crippen LogP contribution in [0.1, 0.15) is 41.5 Å². The molecular formula is C26H36BrCl2FN6O4. The summed E-state index contributed by atoms with van der Waals surface area (Å²) >= 11 is 15.2. The van der Waals surface area contributed by atoms with Crippen molar-refractivity contribution in [2.24, 2.45) is 0 Å². The maximum Gasteiger partial charge on any atom is 0.410 e. The highest BCUT2D eigenvalue weighted by molar-refractivity contribution is 9.10. The molecule has 0 spiro atoms. The van der Waals surface area contributed by atoms with Crippen molar-refractivity contribution < 1.29 is 23.5 Å². The van der Waals surface area contributed by atoms with Crippen molar-refractivity contribution in [3.63, 3.8) is 0 Å². The normalized spacial score (nSPS) is 16.4. The van der Waals surface area contributed by atoms with E-state index in [0.29, 0.717) is 37.4 Å². The number of nitrogens with zero attached hydrogens (tertiary/aromatic N) is 5. The minimum atomic E-state index is -0.588. The molecule has 0 bridgehead atoms. The van der Waals surface area contributed by atoms with E-state index >= 15 is 0 Å². The zero-order valence-electron chi connectivity index (χ0n) is 23.6. The molecule has 0 unspecified atom stereocenters. The number of fused-ring (bicyclic) bond motifs is 1. The minimum absolute atomic E-state index is 0.0554. The Hall–Kier alpha value is -2.15. The van der Waals surface area contributed by atoms with Crippen LogP contribution >= 0.6 is 39.1 Å². The molecule has 0 radical (unpaired) electrons. The van der Waals surface area contributed by atoms with E-state index in [2.05, 4.69) is 31.2 Å². The number of benzene rings is 1. The van der Waals surface area contributed by atoms with E-state index in [0.717, 1.165) is 26.2 Å². The molecule has 2 aliphatic rings. The standard InChI is InChI=1S/C17H18BrCl2FN4O2.C9H18N2O2/c1-17(2,3)27-16(26)25-6-4-24(5-7-25)14-9-8-10(19)11(18)12(21)13(9)22-15(20)23-14;1-9(2,3)13-8(12)11-6-4-10-5-7-11/h8H,4-7H2,1-3H3;10H,4-7H2,1-3H3. The molecule has 1 aromatic carbocycles. The van der Waals surface area contributed by atoms with Crippen molar-refractivity contribution >= 4 is 68.0 Å². The molecule has 222 valence electrons. The molecule has 2 fully saturated rings. The van der Waals surface area contributed by atoms with Gasteiger partial charge in [0.1, 0.15) is 22.5 Å². The molecule has 4 rings (SSSR count). The summed E-state index contributed by atoms with van der Waals surface area (Å²) in [5, 5.41) is 3.82. The topological polar surface area (TPSA) is 100 Å². The zero-order valence-corrected chi connectivity index (χ0v) is 26.7. The summed E-state index contributed by atoms with van der Waals surface area (Å²) in [6.07, 6.45) is -0.556. The number of rotatable bonds is 1. The molecule has 10 nitrogen and oxygen atoms in total. The molecule has 2 saturated heterocycles. The lowest BCUT2D eigenvalue weighted by molar-refractivity contribution is 0.0223. The molecule has 2 aromatic rings. The second-order valence-electron chi connectivity index (χ2n) is 11.4. The molecule has 2 aliphatic heterocycles. The number of piperazine rings is 2. The van der Waals surface area contributed by atoms with Crippen LogP contribution in [0.15, 0.2) is 10.5 Å². The highest BCUT2D eigenvalue weighted by atomic mass is 79.9. The molecule has 0 aliphatic carbocycles.